The molecule has 2 aromatic rings. The van der Waals surface area contributed by atoms with Gasteiger partial charge in [0.05, 0.1) is 0 Å². The smallest absolute Gasteiger partial charge is 0.253 e. The Morgan fingerprint density at radius 3 is 1.77 bits per heavy atom. The molecule has 0 unspecified atom stereocenters. The maximum atomic E-state index is 12.5. The van der Waals surface area contributed by atoms with Gasteiger partial charge in [0, 0.05) is 40.4 Å². The molecule has 0 fully saturated rings. The van der Waals surface area contributed by atoms with E-state index in [0.717, 1.165) is 40.4 Å². The van der Waals surface area contributed by atoms with E-state index in [-0.39, 0.29) is 16.7 Å². The minimum atomic E-state index is -0.132. The van der Waals surface area contributed by atoms with Crippen LogP contribution in [-0.2, 0) is 16.6 Å². The fourth-order valence-corrected chi connectivity index (χ4v) is 4.37. The zero-order valence-corrected chi connectivity index (χ0v) is 20.6. The van der Waals surface area contributed by atoms with Gasteiger partial charge < -0.3 is 10.0 Å². The van der Waals surface area contributed by atoms with E-state index in [4.69, 9.17) is 0 Å². The highest BCUT2D eigenvalue weighted by Crippen LogP contribution is 2.42. The Balaban J connectivity index is 2.24. The van der Waals surface area contributed by atoms with Gasteiger partial charge in [-0.05, 0) is 54.5 Å². The molecule has 0 bridgehead atoms. The molecular weight excluding hydrogens is 390 g/mol. The van der Waals surface area contributed by atoms with Gasteiger partial charge in [0.2, 0.25) is 0 Å². The number of nitrogens with zero attached hydrogens (tertiary/aromatic N) is 1. The number of amides is 1. The topological polar surface area (TPSA) is 40.5 Å². The number of hydrogen-bond donors (Lipinski definition) is 1. The molecule has 0 saturated heterocycles. The normalized spacial score (nSPS) is 12.1. The van der Waals surface area contributed by atoms with E-state index in [1.807, 2.05) is 43.0 Å². The van der Waals surface area contributed by atoms with Crippen LogP contribution in [0.2, 0.25) is 0 Å². The lowest BCUT2D eigenvalue weighted by atomic mass is 9.79. The SMILES string of the molecule is CCN(CC)C(=O)c1ccc(CSc2cc(C(C)(C)C)c(O)c(C(C)(C)C)c2)cc1. The molecule has 0 radical (unpaired) electrons. The predicted octanol–water partition coefficient (Wildman–Crippen LogP) is 6.76. The molecule has 0 aliphatic heterocycles. The Morgan fingerprint density at radius 1 is 0.900 bits per heavy atom. The summed E-state index contributed by atoms with van der Waals surface area (Å²) < 4.78 is 0. The van der Waals surface area contributed by atoms with Crippen molar-refractivity contribution < 1.29 is 9.90 Å². The van der Waals surface area contributed by atoms with Crippen molar-refractivity contribution in [2.75, 3.05) is 13.1 Å². The molecule has 1 amide bonds. The predicted molar refractivity (Wildman–Crippen MR) is 129 cm³/mol. The van der Waals surface area contributed by atoms with Crippen molar-refractivity contribution >= 4 is 17.7 Å². The number of phenols is 1. The maximum Gasteiger partial charge on any atom is 0.253 e. The monoisotopic (exact) mass is 427 g/mol. The number of thioether (sulfide) groups is 1. The van der Waals surface area contributed by atoms with E-state index in [1.165, 1.54) is 5.56 Å². The molecule has 0 spiro atoms. The van der Waals surface area contributed by atoms with Crippen molar-refractivity contribution in [2.45, 2.75) is 76.9 Å². The van der Waals surface area contributed by atoms with Gasteiger partial charge in [0.15, 0.2) is 0 Å². The Bertz CT molecular complexity index is 834. The third kappa shape index (κ3) is 5.81. The summed E-state index contributed by atoms with van der Waals surface area (Å²) in [6, 6.07) is 12.2. The Morgan fingerprint density at radius 2 is 1.37 bits per heavy atom. The fraction of sp³-hybridized carbons (Fsp3) is 0.500. The minimum Gasteiger partial charge on any atom is -0.507 e. The quantitative estimate of drug-likeness (QED) is 0.518. The average Bonchev–Trinajstić information content (AvgIpc) is 2.66. The minimum absolute atomic E-state index is 0.0855. The number of benzene rings is 2. The van der Waals surface area contributed by atoms with Crippen molar-refractivity contribution in [2.24, 2.45) is 0 Å². The number of phenolic OH excluding ortho intramolecular Hbond substituents is 1. The van der Waals surface area contributed by atoms with Gasteiger partial charge in [0.25, 0.3) is 5.91 Å². The summed E-state index contributed by atoms with van der Waals surface area (Å²) in [6.45, 7) is 18.2. The molecule has 0 aliphatic carbocycles. The first-order chi connectivity index (χ1) is 13.9. The second-order valence-electron chi connectivity index (χ2n) is 9.83. The highest BCUT2D eigenvalue weighted by atomic mass is 32.2. The van der Waals surface area contributed by atoms with Crippen molar-refractivity contribution in [1.82, 2.24) is 4.90 Å². The van der Waals surface area contributed by atoms with Crippen molar-refractivity contribution in [3.63, 3.8) is 0 Å². The van der Waals surface area contributed by atoms with Crippen LogP contribution in [0.15, 0.2) is 41.3 Å². The highest BCUT2D eigenvalue weighted by Gasteiger charge is 2.26. The Labute approximate surface area is 186 Å². The molecule has 164 valence electrons. The third-order valence-corrected chi connectivity index (χ3v) is 6.40. The molecule has 1 N–H and O–H groups in total. The lowest BCUT2D eigenvalue weighted by Crippen LogP contribution is -2.30. The summed E-state index contributed by atoms with van der Waals surface area (Å²) in [5.74, 6) is 1.32. The summed E-state index contributed by atoms with van der Waals surface area (Å²) in [7, 11) is 0. The summed E-state index contributed by atoms with van der Waals surface area (Å²) in [5.41, 5.74) is 3.62. The van der Waals surface area contributed by atoms with Gasteiger partial charge in [-0.3, -0.25) is 4.79 Å². The summed E-state index contributed by atoms with van der Waals surface area (Å²) in [5, 5.41) is 10.9. The van der Waals surface area contributed by atoms with Crippen molar-refractivity contribution in [1.29, 1.82) is 0 Å². The molecule has 0 saturated carbocycles. The summed E-state index contributed by atoms with van der Waals surface area (Å²) >= 11 is 1.77. The highest BCUT2D eigenvalue weighted by molar-refractivity contribution is 7.98. The van der Waals surface area contributed by atoms with Crippen LogP contribution in [-0.4, -0.2) is 29.0 Å². The van der Waals surface area contributed by atoms with Crippen molar-refractivity contribution in [3.8, 4) is 5.75 Å². The molecule has 0 aliphatic rings. The first kappa shape index (κ1) is 24.3. The first-order valence-electron chi connectivity index (χ1n) is 10.8. The van der Waals surface area contributed by atoms with Crippen LogP contribution in [0, 0.1) is 0 Å². The number of carbonyl (C=O) groups is 1. The van der Waals surface area contributed by atoms with Crippen molar-refractivity contribution in [3.05, 3.63) is 58.7 Å². The van der Waals surface area contributed by atoms with E-state index in [9.17, 15) is 9.90 Å². The molecule has 4 heteroatoms. The molecule has 3 nitrogen and oxygen atoms in total. The number of hydrogen-bond acceptors (Lipinski definition) is 3. The van der Waals surface area contributed by atoms with Gasteiger partial charge in [-0.2, -0.15) is 0 Å². The third-order valence-electron chi connectivity index (χ3n) is 5.36. The number of carbonyl (C=O) groups excluding carboxylic acids is 1. The van der Waals surface area contributed by atoms with E-state index < -0.39 is 0 Å². The Kier molecular flexibility index (Phi) is 7.68. The Hall–Kier alpha value is -1.94. The van der Waals surface area contributed by atoms with Gasteiger partial charge in [-0.15, -0.1) is 11.8 Å². The van der Waals surface area contributed by atoms with Crippen LogP contribution in [0.5, 0.6) is 5.75 Å². The molecule has 0 aromatic heterocycles. The zero-order valence-electron chi connectivity index (χ0n) is 19.8. The van der Waals surface area contributed by atoms with Crippen LogP contribution in [0.25, 0.3) is 0 Å². The first-order valence-corrected chi connectivity index (χ1v) is 11.8. The van der Waals surface area contributed by atoms with E-state index in [1.54, 1.807) is 11.8 Å². The average molecular weight is 428 g/mol. The largest absolute Gasteiger partial charge is 0.507 e. The lowest BCUT2D eigenvalue weighted by molar-refractivity contribution is 0.0773. The summed E-state index contributed by atoms with van der Waals surface area (Å²) in [4.78, 5) is 15.5. The number of aromatic hydroxyl groups is 1. The van der Waals surface area contributed by atoms with Crippen LogP contribution in [0.3, 0.4) is 0 Å². The van der Waals surface area contributed by atoms with Crippen LogP contribution < -0.4 is 0 Å². The maximum absolute atomic E-state index is 12.5. The molecule has 2 aromatic carbocycles. The second-order valence-corrected chi connectivity index (χ2v) is 10.9. The van der Waals surface area contributed by atoms with E-state index in [0.29, 0.717) is 5.75 Å². The van der Waals surface area contributed by atoms with Gasteiger partial charge in [0.1, 0.15) is 5.75 Å². The molecule has 0 atom stereocenters. The molecule has 2 rings (SSSR count). The van der Waals surface area contributed by atoms with Crippen LogP contribution >= 0.6 is 11.8 Å². The van der Waals surface area contributed by atoms with E-state index >= 15 is 0 Å². The van der Waals surface area contributed by atoms with E-state index in [2.05, 4.69) is 53.7 Å². The fourth-order valence-electron chi connectivity index (χ4n) is 3.44. The molecule has 30 heavy (non-hydrogen) atoms. The second kappa shape index (κ2) is 9.47. The molecular formula is C26H37NO2S. The zero-order chi connectivity index (χ0) is 22.7. The van der Waals surface area contributed by atoms with Crippen LogP contribution in [0.1, 0.15) is 82.4 Å². The molecule has 0 heterocycles. The van der Waals surface area contributed by atoms with Crippen LogP contribution in [0.4, 0.5) is 0 Å². The van der Waals surface area contributed by atoms with Gasteiger partial charge in [-0.25, -0.2) is 0 Å². The lowest BCUT2D eigenvalue weighted by Gasteiger charge is -2.28. The van der Waals surface area contributed by atoms with Gasteiger partial charge >= 0.3 is 0 Å². The number of rotatable bonds is 6. The summed E-state index contributed by atoms with van der Waals surface area (Å²) in [6.07, 6.45) is 0. The van der Waals surface area contributed by atoms with Gasteiger partial charge in [-0.1, -0.05) is 53.7 Å². The standard InChI is InChI=1S/C26H37NO2S/c1-9-27(10-2)24(29)19-13-11-18(12-14-19)17-30-20-15-21(25(3,4)5)23(28)22(16-20)26(6,7)8/h11-16,28H,9-10,17H2,1-8H3.